The molecule has 0 saturated carbocycles. The second kappa shape index (κ2) is 14.3. The van der Waals surface area contributed by atoms with Crippen LogP contribution in [0.15, 0.2) is 57.3 Å². The average molecular weight is 655 g/mol. The number of aryl methyl sites for hydroxylation is 1. The number of carbonyl (C=O) groups is 1. The van der Waals surface area contributed by atoms with Crippen molar-refractivity contribution in [2.45, 2.75) is 95.4 Å². The van der Waals surface area contributed by atoms with E-state index >= 15 is 0 Å². The van der Waals surface area contributed by atoms with E-state index in [0.717, 1.165) is 45.5 Å². The van der Waals surface area contributed by atoms with E-state index in [-0.39, 0.29) is 55.1 Å². The van der Waals surface area contributed by atoms with Crippen molar-refractivity contribution < 1.29 is 35.1 Å². The largest absolute Gasteiger partial charge is 0.508 e. The van der Waals surface area contributed by atoms with Gasteiger partial charge in [-0.25, -0.2) is 0 Å². The summed E-state index contributed by atoms with van der Waals surface area (Å²) in [6, 6.07) is 6.49. The van der Waals surface area contributed by atoms with Crippen molar-refractivity contribution in [3.05, 3.63) is 75.1 Å². The van der Waals surface area contributed by atoms with Crippen LogP contribution in [0.2, 0.25) is 0 Å². The monoisotopic (exact) mass is 654 g/mol. The van der Waals surface area contributed by atoms with Gasteiger partial charge in [-0.15, -0.1) is 0 Å². The van der Waals surface area contributed by atoms with Crippen LogP contribution in [0, 0.1) is 11.8 Å². The number of phenolic OH excluding ortho intramolecular Hbond substituents is 2. The average Bonchev–Trinajstić information content (AvgIpc) is 3.62. The molecule has 0 amide bonds. The van der Waals surface area contributed by atoms with E-state index in [2.05, 4.69) is 21.8 Å². The smallest absolute Gasteiger partial charge is 0.183 e. The second-order valence-corrected chi connectivity index (χ2v) is 12.8. The summed E-state index contributed by atoms with van der Waals surface area (Å²) in [5.74, 6) is 5.53. The van der Waals surface area contributed by atoms with Crippen LogP contribution in [0.5, 0.6) is 17.2 Å². The number of aliphatic hydroxyl groups is 3. The van der Waals surface area contributed by atoms with Crippen molar-refractivity contribution in [1.29, 1.82) is 0 Å². The van der Waals surface area contributed by atoms with Gasteiger partial charge in [0.2, 0.25) is 0 Å². The molecule has 5 atom stereocenters. The number of phenols is 2. The maximum atomic E-state index is 12.6. The maximum Gasteiger partial charge on any atom is 0.183 e. The summed E-state index contributed by atoms with van der Waals surface area (Å²) < 4.78 is 6.33. The van der Waals surface area contributed by atoms with Crippen molar-refractivity contribution in [2.24, 2.45) is 15.7 Å². The van der Waals surface area contributed by atoms with Gasteiger partial charge < -0.3 is 40.9 Å². The molecule has 0 spiro atoms. The molecule has 7 N–H and O–H groups in total. The predicted octanol–water partition coefficient (Wildman–Crippen LogP) is 3.41. The molecule has 0 saturated heterocycles. The van der Waals surface area contributed by atoms with Gasteiger partial charge in [-0.2, -0.15) is 0 Å². The molecular weight excluding hydrogens is 612 g/mol. The van der Waals surface area contributed by atoms with Crippen LogP contribution in [0.1, 0.15) is 85.5 Å². The molecule has 0 fully saturated rings. The van der Waals surface area contributed by atoms with Gasteiger partial charge in [-0.1, -0.05) is 37.3 Å². The number of aliphatic hydroxyl groups excluding tert-OH is 3. The number of benzene rings is 2. The van der Waals surface area contributed by atoms with E-state index in [9.17, 15) is 30.3 Å². The molecule has 0 radical (unpaired) electrons. The van der Waals surface area contributed by atoms with Crippen molar-refractivity contribution in [3.63, 3.8) is 0 Å². The number of hydrogen-bond donors (Lipinski definition) is 6. The summed E-state index contributed by atoms with van der Waals surface area (Å²) in [6.07, 6.45) is 4.79. The van der Waals surface area contributed by atoms with Gasteiger partial charge in [-0.05, 0) is 58.7 Å². The fourth-order valence-electron chi connectivity index (χ4n) is 6.80. The first-order valence-electron chi connectivity index (χ1n) is 16.5. The molecule has 6 rings (SSSR count). The number of hydrogen-bond acceptors (Lipinski definition) is 11. The van der Waals surface area contributed by atoms with Gasteiger partial charge in [-0.3, -0.25) is 14.8 Å². The molecule has 2 aromatic carbocycles. The molecular formula is C37H42N4O7. The number of carbonyl (C=O) groups excluding carboxylic acids is 1. The Bertz CT molecular complexity index is 1770. The van der Waals surface area contributed by atoms with E-state index in [4.69, 9.17) is 10.5 Å². The lowest BCUT2D eigenvalue weighted by Gasteiger charge is -2.28. The Morgan fingerprint density at radius 2 is 1.96 bits per heavy atom. The number of nitrogens with two attached hydrogens (primary N) is 1. The van der Waals surface area contributed by atoms with Crippen LogP contribution < -0.4 is 10.5 Å². The lowest BCUT2D eigenvalue weighted by atomic mass is 9.85. The number of fused-ring (bicyclic) bond motifs is 4. The third-order valence-electron chi connectivity index (χ3n) is 9.34. The van der Waals surface area contributed by atoms with Crippen LogP contribution in [0.3, 0.4) is 0 Å². The van der Waals surface area contributed by atoms with E-state index < -0.39 is 30.7 Å². The highest BCUT2D eigenvalue weighted by Crippen LogP contribution is 2.39. The highest BCUT2D eigenvalue weighted by atomic mass is 16.5. The van der Waals surface area contributed by atoms with Crippen LogP contribution in [-0.4, -0.2) is 73.6 Å². The SMILES string of the molecule is CCC[C@H](O)C[C@@H](O)CC(=O)CCc1cc(O[C@H]2CC#C[C@@H](O)c3ccc4c(c3CC3=C5CN2C=C5N=C3)CC=N[C@@H]4N)c(O)cc1O. The minimum atomic E-state index is -1.05. The van der Waals surface area contributed by atoms with E-state index in [1.165, 1.54) is 12.1 Å². The normalized spacial score (nSPS) is 22.1. The Hall–Kier alpha value is -4.47. The topological polar surface area (TPSA) is 181 Å². The zero-order chi connectivity index (χ0) is 33.9. The van der Waals surface area contributed by atoms with Gasteiger partial charge in [0.05, 0.1) is 24.3 Å². The number of Topliss-reactive ketones (excluding diaryl/α,β-unsaturated/α-hetero) is 1. The molecule has 4 aliphatic rings. The highest BCUT2D eigenvalue weighted by Gasteiger charge is 2.32. The second-order valence-electron chi connectivity index (χ2n) is 12.8. The number of ether oxygens (including phenoxy) is 1. The molecule has 0 aromatic heterocycles. The quantitative estimate of drug-likeness (QED) is 0.198. The number of ketones is 1. The van der Waals surface area contributed by atoms with Crippen LogP contribution in [-0.2, 0) is 24.1 Å². The van der Waals surface area contributed by atoms with Gasteiger partial charge in [0.1, 0.15) is 23.8 Å². The van der Waals surface area contributed by atoms with Crippen molar-refractivity contribution >= 4 is 18.2 Å². The third kappa shape index (κ3) is 7.17. The zero-order valence-electron chi connectivity index (χ0n) is 27.0. The number of rotatable bonds is 11. The molecule has 0 aliphatic carbocycles. The fourth-order valence-corrected chi connectivity index (χ4v) is 6.80. The molecule has 4 aliphatic heterocycles. The molecule has 0 unspecified atom stereocenters. The predicted molar refractivity (Wildman–Crippen MR) is 181 cm³/mol. The molecule has 4 heterocycles. The molecule has 11 heteroatoms. The van der Waals surface area contributed by atoms with Gasteiger partial charge in [0.25, 0.3) is 0 Å². The molecule has 2 bridgehead atoms. The first kappa shape index (κ1) is 33.4. The van der Waals surface area contributed by atoms with E-state index in [1.54, 1.807) is 0 Å². The summed E-state index contributed by atoms with van der Waals surface area (Å²) in [7, 11) is 0. The standard InChI is InChI=1S/C37H42N4O7/c1-2-4-23(42)15-25(44)16-24(43)8-7-21-14-35(34(47)17-33(21)46)48-36-6-3-5-32(45)27-9-10-28-26(11-12-39-37(28)38)29(27)13-22-18-40-31-20-41(36)19-30(22)31/h9-10,12,14,17-18,20,23,25,32,36-37,42,44-47H,2,4,6-8,11,13,15-16,19,38H2,1H3/t23-,25+,32+,36-,37-/m0/s1. The van der Waals surface area contributed by atoms with Gasteiger partial charge >= 0.3 is 0 Å². The Morgan fingerprint density at radius 3 is 2.77 bits per heavy atom. The van der Waals surface area contributed by atoms with Crippen LogP contribution in [0.25, 0.3) is 0 Å². The maximum absolute atomic E-state index is 12.6. The summed E-state index contributed by atoms with van der Waals surface area (Å²) in [5, 5.41) is 52.7. The van der Waals surface area contributed by atoms with Gasteiger partial charge in [0, 0.05) is 62.5 Å². The lowest BCUT2D eigenvalue weighted by molar-refractivity contribution is -0.121. The molecule has 11 nitrogen and oxygen atoms in total. The summed E-state index contributed by atoms with van der Waals surface area (Å²) >= 11 is 0. The lowest BCUT2D eigenvalue weighted by Crippen LogP contribution is -2.35. The van der Waals surface area contributed by atoms with Crippen molar-refractivity contribution in [1.82, 2.24) is 4.90 Å². The zero-order valence-corrected chi connectivity index (χ0v) is 27.0. The van der Waals surface area contributed by atoms with Crippen LogP contribution >= 0.6 is 0 Å². The highest BCUT2D eigenvalue weighted by molar-refractivity contribution is 5.88. The fraction of sp³-hybridized carbons (Fsp3) is 0.432. The minimum Gasteiger partial charge on any atom is -0.508 e. The van der Waals surface area contributed by atoms with Crippen molar-refractivity contribution in [3.8, 4) is 29.1 Å². The number of aromatic hydroxyl groups is 2. The van der Waals surface area contributed by atoms with Crippen molar-refractivity contribution in [2.75, 3.05) is 6.54 Å². The summed E-state index contributed by atoms with van der Waals surface area (Å²) in [6.45, 7) is 2.44. The summed E-state index contributed by atoms with van der Waals surface area (Å²) in [4.78, 5) is 23.6. The van der Waals surface area contributed by atoms with Gasteiger partial charge in [0.15, 0.2) is 17.7 Å². The Morgan fingerprint density at radius 1 is 1.15 bits per heavy atom. The number of allylic oxidation sites excluding steroid dienone is 1. The molecule has 48 heavy (non-hydrogen) atoms. The Balaban J connectivity index is 1.22. The van der Waals surface area contributed by atoms with E-state index in [1.807, 2.05) is 42.6 Å². The Labute approximate surface area is 279 Å². The minimum absolute atomic E-state index is 0.0576. The number of nitrogens with zero attached hydrogens (tertiary/aromatic N) is 3. The van der Waals surface area contributed by atoms with E-state index in [0.29, 0.717) is 31.4 Å². The first-order chi connectivity index (χ1) is 23.1. The van der Waals surface area contributed by atoms with Crippen LogP contribution in [0.4, 0.5) is 0 Å². The Kier molecular flexibility index (Phi) is 9.99. The summed E-state index contributed by atoms with van der Waals surface area (Å²) in [5.41, 5.74) is 13.3. The first-order valence-corrected chi connectivity index (χ1v) is 16.5. The third-order valence-corrected chi connectivity index (χ3v) is 9.34. The number of aliphatic imine (C=N–C) groups is 2. The molecule has 2 aromatic rings. The molecule has 252 valence electrons.